The maximum absolute atomic E-state index is 12.3. The number of rotatable bonds is 7. The number of benzene rings is 1. The normalized spacial score (nSPS) is 11.7. The SMILES string of the molecule is C/C=C(\C=N)C(=O)Nc1cc(COC(N)=Nc2ccc(N)c(C=N)c2Cl)cn(C)c1=O. The number of hydrogen-bond donors (Lipinski definition) is 5. The molecule has 0 saturated heterocycles. The van der Waals surface area contributed by atoms with Crippen LogP contribution in [-0.4, -0.2) is 28.9 Å². The van der Waals surface area contributed by atoms with E-state index in [1.54, 1.807) is 19.1 Å². The Morgan fingerprint density at radius 1 is 1.39 bits per heavy atom. The third-order valence-corrected chi connectivity index (χ3v) is 4.57. The molecule has 0 spiro atoms. The molecule has 1 heterocycles. The molecule has 11 heteroatoms. The van der Waals surface area contributed by atoms with E-state index in [-0.39, 0.29) is 34.6 Å². The molecule has 0 aliphatic carbocycles. The van der Waals surface area contributed by atoms with Crippen LogP contribution in [0, 0.1) is 10.8 Å². The first-order chi connectivity index (χ1) is 14.7. The minimum Gasteiger partial charge on any atom is -0.460 e. The van der Waals surface area contributed by atoms with Crippen LogP contribution in [-0.2, 0) is 23.2 Å². The molecule has 162 valence electrons. The molecule has 31 heavy (non-hydrogen) atoms. The van der Waals surface area contributed by atoms with Crippen LogP contribution in [0.25, 0.3) is 0 Å². The van der Waals surface area contributed by atoms with Crippen LogP contribution in [0.4, 0.5) is 17.1 Å². The zero-order valence-corrected chi connectivity index (χ0v) is 17.7. The molecule has 0 fully saturated rings. The first kappa shape index (κ1) is 23.4. The van der Waals surface area contributed by atoms with E-state index in [2.05, 4.69) is 10.3 Å². The summed E-state index contributed by atoms with van der Waals surface area (Å²) in [7, 11) is 1.53. The summed E-state index contributed by atoms with van der Waals surface area (Å²) in [6.45, 7) is 1.57. The van der Waals surface area contributed by atoms with Crippen LogP contribution in [0.15, 0.2) is 45.8 Å². The first-order valence-corrected chi connectivity index (χ1v) is 9.32. The molecule has 1 aromatic carbocycles. The number of carbonyl (C=O) groups is 1. The molecule has 1 aromatic heterocycles. The average Bonchev–Trinajstić information content (AvgIpc) is 2.73. The molecule has 0 bridgehead atoms. The van der Waals surface area contributed by atoms with Gasteiger partial charge in [-0.1, -0.05) is 17.7 Å². The third kappa shape index (κ3) is 5.58. The molecule has 7 N–H and O–H groups in total. The molecule has 0 radical (unpaired) electrons. The van der Waals surface area contributed by atoms with Gasteiger partial charge in [-0.05, 0) is 25.1 Å². The Kier molecular flexibility index (Phi) is 7.70. The van der Waals surface area contributed by atoms with Gasteiger partial charge in [0.05, 0.1) is 16.3 Å². The van der Waals surface area contributed by atoms with Gasteiger partial charge in [-0.3, -0.25) is 9.59 Å². The van der Waals surface area contributed by atoms with Gasteiger partial charge < -0.3 is 36.9 Å². The van der Waals surface area contributed by atoms with Crippen LogP contribution in [0.5, 0.6) is 0 Å². The lowest BCUT2D eigenvalue weighted by Crippen LogP contribution is -2.26. The van der Waals surface area contributed by atoms with Gasteiger partial charge in [0.15, 0.2) is 0 Å². The highest BCUT2D eigenvalue weighted by molar-refractivity contribution is 6.36. The lowest BCUT2D eigenvalue weighted by molar-refractivity contribution is -0.112. The Hall–Kier alpha value is -3.92. The van der Waals surface area contributed by atoms with Gasteiger partial charge in [0, 0.05) is 42.5 Å². The Balaban J connectivity index is 2.22. The lowest BCUT2D eigenvalue weighted by atomic mass is 10.2. The number of nitrogens with zero attached hydrogens (tertiary/aromatic N) is 2. The standard InChI is InChI=1S/C20H22ClN7O3/c1-3-12(7-22)18(29)26-16-6-11(9-28(2)19(16)30)10-31-20(25)27-15-5-4-14(24)13(8-23)17(15)21/h3-9,22-23H,10,24H2,1-2H3,(H2,25,27)(H,26,29)/b12-3+,22-7?,23-8?. The summed E-state index contributed by atoms with van der Waals surface area (Å²) in [5.74, 6) is -0.575. The number of pyridine rings is 1. The van der Waals surface area contributed by atoms with Crippen LogP contribution >= 0.6 is 11.6 Å². The second-order valence-electron chi connectivity index (χ2n) is 6.31. The fourth-order valence-electron chi connectivity index (χ4n) is 2.56. The van der Waals surface area contributed by atoms with E-state index in [0.717, 1.165) is 12.4 Å². The summed E-state index contributed by atoms with van der Waals surface area (Å²) in [5.41, 5.74) is 12.8. The second kappa shape index (κ2) is 10.2. The van der Waals surface area contributed by atoms with Gasteiger partial charge in [-0.15, -0.1) is 0 Å². The number of amidine groups is 1. The Bertz CT molecular complexity index is 1150. The van der Waals surface area contributed by atoms with Gasteiger partial charge in [0.25, 0.3) is 17.5 Å². The van der Waals surface area contributed by atoms with Crippen LogP contribution < -0.4 is 22.3 Å². The van der Waals surface area contributed by atoms with Crippen LogP contribution in [0.3, 0.4) is 0 Å². The number of carbonyl (C=O) groups excluding carboxylic acids is 1. The lowest BCUT2D eigenvalue weighted by Gasteiger charge is -2.11. The zero-order chi connectivity index (χ0) is 23.1. The van der Waals surface area contributed by atoms with Crippen molar-refractivity contribution in [3.8, 4) is 0 Å². The van der Waals surface area contributed by atoms with E-state index in [1.165, 1.54) is 30.0 Å². The summed E-state index contributed by atoms with van der Waals surface area (Å²) in [6, 6.07) is 4.35. The van der Waals surface area contributed by atoms with Crippen molar-refractivity contribution in [3.63, 3.8) is 0 Å². The molecule has 1 amide bonds. The maximum atomic E-state index is 12.3. The highest BCUT2D eigenvalue weighted by atomic mass is 35.5. The van der Waals surface area contributed by atoms with Gasteiger partial charge in [-0.2, -0.15) is 4.99 Å². The predicted molar refractivity (Wildman–Crippen MR) is 123 cm³/mol. The van der Waals surface area contributed by atoms with Crippen molar-refractivity contribution in [2.45, 2.75) is 13.5 Å². The maximum Gasteiger partial charge on any atom is 0.287 e. The van der Waals surface area contributed by atoms with Gasteiger partial charge >= 0.3 is 0 Å². The topological polar surface area (TPSA) is 172 Å². The molecule has 10 nitrogen and oxygen atoms in total. The monoisotopic (exact) mass is 443 g/mol. The van der Waals surface area contributed by atoms with E-state index in [9.17, 15) is 9.59 Å². The predicted octanol–water partition coefficient (Wildman–Crippen LogP) is 2.32. The van der Waals surface area contributed by atoms with Gasteiger partial charge in [0.2, 0.25) is 0 Å². The number of aromatic nitrogens is 1. The Morgan fingerprint density at radius 3 is 2.71 bits per heavy atom. The van der Waals surface area contributed by atoms with E-state index >= 15 is 0 Å². The van der Waals surface area contributed by atoms with E-state index in [0.29, 0.717) is 16.8 Å². The molecule has 0 saturated carbocycles. The summed E-state index contributed by atoms with van der Waals surface area (Å²) < 4.78 is 6.73. The van der Waals surface area contributed by atoms with Crippen molar-refractivity contribution in [1.82, 2.24) is 4.57 Å². The second-order valence-corrected chi connectivity index (χ2v) is 6.68. The first-order valence-electron chi connectivity index (χ1n) is 8.94. The van der Waals surface area contributed by atoms with Crippen molar-refractivity contribution >= 4 is 53.0 Å². The highest BCUT2D eigenvalue weighted by Crippen LogP contribution is 2.31. The number of nitrogens with two attached hydrogens (primary N) is 2. The van der Waals surface area contributed by atoms with Gasteiger partial charge in [0.1, 0.15) is 12.3 Å². The van der Waals surface area contributed by atoms with E-state index in [1.807, 2.05) is 0 Å². The highest BCUT2D eigenvalue weighted by Gasteiger charge is 2.12. The number of nitrogen functional groups attached to an aromatic ring is 1. The van der Waals surface area contributed by atoms with Crippen molar-refractivity contribution in [1.29, 1.82) is 10.8 Å². The van der Waals surface area contributed by atoms with E-state index < -0.39 is 11.5 Å². The minimum atomic E-state index is -0.575. The fraction of sp³-hybridized carbons (Fsp3) is 0.150. The Morgan fingerprint density at radius 2 is 2.10 bits per heavy atom. The zero-order valence-electron chi connectivity index (χ0n) is 16.9. The van der Waals surface area contributed by atoms with Crippen molar-refractivity contribution in [3.05, 3.63) is 62.5 Å². The number of aryl methyl sites for hydroxylation is 1. The van der Waals surface area contributed by atoms with Crippen LogP contribution in [0.2, 0.25) is 5.02 Å². The number of allylic oxidation sites excluding steroid dienone is 1. The number of ether oxygens (including phenoxy) is 1. The number of halogens is 1. The summed E-state index contributed by atoms with van der Waals surface area (Å²) >= 11 is 6.18. The van der Waals surface area contributed by atoms with Gasteiger partial charge in [-0.25, -0.2) is 0 Å². The number of nitrogens with one attached hydrogen (secondary N) is 3. The number of aliphatic imine (C=N–C) groups is 1. The van der Waals surface area contributed by atoms with E-state index in [4.69, 9.17) is 38.6 Å². The number of hydrogen-bond acceptors (Lipinski definition) is 7. The smallest absolute Gasteiger partial charge is 0.287 e. The van der Waals surface area contributed by atoms with Crippen LogP contribution in [0.1, 0.15) is 18.1 Å². The third-order valence-electron chi connectivity index (χ3n) is 4.17. The summed E-state index contributed by atoms with van der Waals surface area (Å²) in [6.07, 6.45) is 4.91. The largest absolute Gasteiger partial charge is 0.460 e. The summed E-state index contributed by atoms with van der Waals surface area (Å²) in [5, 5.41) is 17.3. The quantitative estimate of drug-likeness (QED) is 0.191. The molecule has 2 aromatic rings. The number of anilines is 2. The van der Waals surface area contributed by atoms with Crippen molar-refractivity contribution < 1.29 is 9.53 Å². The number of amides is 1. The molecule has 0 aliphatic heterocycles. The summed E-state index contributed by atoms with van der Waals surface area (Å²) in [4.78, 5) is 28.5. The van der Waals surface area contributed by atoms with Crippen molar-refractivity contribution in [2.24, 2.45) is 17.8 Å². The molecular formula is C20H22ClN7O3. The van der Waals surface area contributed by atoms with Crippen molar-refractivity contribution in [2.75, 3.05) is 11.1 Å². The molecule has 0 atom stereocenters. The molecule has 2 rings (SSSR count). The molecule has 0 aliphatic rings. The molecular weight excluding hydrogens is 422 g/mol. The average molecular weight is 444 g/mol. The Labute approximate surface area is 183 Å². The molecule has 0 unspecified atom stereocenters. The fourth-order valence-corrected chi connectivity index (χ4v) is 2.83. The minimum absolute atomic E-state index is 0.0301.